The van der Waals surface area contributed by atoms with Gasteiger partial charge in [0, 0.05) is 38.9 Å². The van der Waals surface area contributed by atoms with Gasteiger partial charge in [0.05, 0.1) is 6.54 Å². The number of carbonyl (C=O) groups is 4. The zero-order chi connectivity index (χ0) is 31.1. The topological polar surface area (TPSA) is 116 Å². The summed E-state index contributed by atoms with van der Waals surface area (Å²) in [5, 5.41) is 3.38. The molecular formula is C34H41N5O4. The Morgan fingerprint density at radius 2 is 1.56 bits per heavy atom. The summed E-state index contributed by atoms with van der Waals surface area (Å²) < 4.78 is 0. The molecule has 4 amide bonds. The van der Waals surface area contributed by atoms with Gasteiger partial charge in [-0.3, -0.25) is 29.6 Å². The minimum absolute atomic E-state index is 0.204. The molecular weight excluding hydrogens is 542 g/mol. The third-order valence-corrected chi connectivity index (χ3v) is 7.71. The van der Waals surface area contributed by atoms with Crippen molar-refractivity contribution >= 4 is 34.4 Å². The van der Waals surface area contributed by atoms with E-state index in [9.17, 15) is 19.2 Å². The monoisotopic (exact) mass is 583 g/mol. The van der Waals surface area contributed by atoms with Crippen molar-refractivity contribution in [3.63, 3.8) is 0 Å². The van der Waals surface area contributed by atoms with Crippen molar-refractivity contribution in [2.45, 2.75) is 57.2 Å². The standard InChI is InChI=1S/C34H41N5O4/c1-34(2,35)19-10-15-31(41)37(3)28(23-25-16-17-26-13-8-9-14-27(26)21-25)32(42)38(4)29(22-24-11-6-5-7-12-24)33(43)39-20-18-30(40)36-39/h5-17,21,28-29H,18-20,22-23,35H2,1-4H3,(H,36,40)/b15-10+/t28-,29?/m1/s1. The van der Waals surface area contributed by atoms with Crippen LogP contribution in [0.15, 0.2) is 84.9 Å². The highest BCUT2D eigenvalue weighted by Crippen LogP contribution is 2.21. The second-order valence-electron chi connectivity index (χ2n) is 11.9. The number of fused-ring (bicyclic) bond motifs is 1. The molecule has 0 radical (unpaired) electrons. The lowest BCUT2D eigenvalue weighted by molar-refractivity contribution is -0.150. The minimum atomic E-state index is -0.899. The van der Waals surface area contributed by atoms with E-state index < -0.39 is 17.6 Å². The third kappa shape index (κ3) is 8.29. The highest BCUT2D eigenvalue weighted by Gasteiger charge is 2.38. The van der Waals surface area contributed by atoms with E-state index in [1.807, 2.05) is 86.6 Å². The number of benzene rings is 3. The SMILES string of the molecule is CN(C(=O)[C@@H](Cc1ccc2ccccc2c1)N(C)C(=O)/C=C/CC(C)(C)N)C(Cc1ccccc1)C(=O)N1CCC(=O)N1. The zero-order valence-electron chi connectivity index (χ0n) is 25.3. The maximum absolute atomic E-state index is 14.3. The quantitative estimate of drug-likeness (QED) is 0.337. The van der Waals surface area contributed by atoms with E-state index >= 15 is 0 Å². The number of hydrogen-bond donors (Lipinski definition) is 2. The Labute approximate surface area is 253 Å². The van der Waals surface area contributed by atoms with Crippen molar-refractivity contribution in [3.05, 3.63) is 96.1 Å². The number of rotatable bonds is 11. The van der Waals surface area contributed by atoms with Crippen molar-refractivity contribution in [2.75, 3.05) is 20.6 Å². The van der Waals surface area contributed by atoms with Crippen LogP contribution in [-0.2, 0) is 32.0 Å². The summed E-state index contributed by atoms with van der Waals surface area (Å²) in [5.41, 5.74) is 9.95. The maximum Gasteiger partial charge on any atom is 0.264 e. The molecule has 0 aliphatic carbocycles. The Bertz CT molecular complexity index is 1500. The number of hydrazine groups is 1. The van der Waals surface area contributed by atoms with E-state index in [-0.39, 0.29) is 49.4 Å². The molecule has 1 heterocycles. The van der Waals surface area contributed by atoms with Gasteiger partial charge in [-0.25, -0.2) is 0 Å². The molecule has 0 aromatic heterocycles. The predicted molar refractivity (Wildman–Crippen MR) is 167 cm³/mol. The number of carbonyl (C=O) groups excluding carboxylic acids is 4. The molecule has 0 saturated carbocycles. The lowest BCUT2D eigenvalue weighted by Gasteiger charge is -2.35. The van der Waals surface area contributed by atoms with Crippen LogP contribution < -0.4 is 11.2 Å². The zero-order valence-corrected chi connectivity index (χ0v) is 25.3. The number of amides is 4. The summed E-state index contributed by atoms with van der Waals surface area (Å²) in [5.74, 6) is -1.34. The van der Waals surface area contributed by atoms with Gasteiger partial charge in [0.2, 0.25) is 17.7 Å². The van der Waals surface area contributed by atoms with Gasteiger partial charge in [0.1, 0.15) is 12.1 Å². The van der Waals surface area contributed by atoms with Gasteiger partial charge < -0.3 is 15.5 Å². The lowest BCUT2D eigenvalue weighted by Crippen LogP contribution is -2.57. The van der Waals surface area contributed by atoms with Gasteiger partial charge in [-0.1, -0.05) is 78.9 Å². The molecule has 226 valence electrons. The number of nitrogens with two attached hydrogens (primary N) is 1. The fourth-order valence-electron chi connectivity index (χ4n) is 5.15. The smallest absolute Gasteiger partial charge is 0.264 e. The van der Waals surface area contributed by atoms with E-state index in [0.29, 0.717) is 6.42 Å². The molecule has 4 rings (SSSR count). The highest BCUT2D eigenvalue weighted by atomic mass is 16.2. The average Bonchev–Trinajstić information content (AvgIpc) is 3.43. The Kier molecular flexibility index (Phi) is 9.98. The van der Waals surface area contributed by atoms with Crippen molar-refractivity contribution in [2.24, 2.45) is 5.73 Å². The summed E-state index contributed by atoms with van der Waals surface area (Å²) in [7, 11) is 3.19. The van der Waals surface area contributed by atoms with Gasteiger partial charge in [-0.15, -0.1) is 0 Å². The number of nitrogens with one attached hydrogen (secondary N) is 1. The Balaban J connectivity index is 1.66. The predicted octanol–water partition coefficient (Wildman–Crippen LogP) is 3.23. The van der Waals surface area contributed by atoms with Crippen LogP contribution in [0.1, 0.15) is 37.8 Å². The molecule has 3 aromatic carbocycles. The van der Waals surface area contributed by atoms with Gasteiger partial charge in [0.15, 0.2) is 0 Å². The van der Waals surface area contributed by atoms with E-state index in [4.69, 9.17) is 5.73 Å². The van der Waals surface area contributed by atoms with Crippen LogP contribution in [0.25, 0.3) is 10.8 Å². The molecule has 3 aromatic rings. The molecule has 0 bridgehead atoms. The summed E-state index contributed by atoms with van der Waals surface area (Å²) >= 11 is 0. The lowest BCUT2D eigenvalue weighted by atomic mass is 9.98. The summed E-state index contributed by atoms with van der Waals surface area (Å²) in [6, 6.07) is 21.6. The van der Waals surface area contributed by atoms with Crippen LogP contribution in [0.5, 0.6) is 0 Å². The normalized spacial score (nSPS) is 14.9. The first-order valence-corrected chi connectivity index (χ1v) is 14.5. The number of hydrogen-bond acceptors (Lipinski definition) is 5. The first-order valence-electron chi connectivity index (χ1n) is 14.5. The summed E-state index contributed by atoms with van der Waals surface area (Å²) in [4.78, 5) is 56.2. The van der Waals surface area contributed by atoms with Gasteiger partial charge in [0.25, 0.3) is 5.91 Å². The van der Waals surface area contributed by atoms with E-state index in [1.165, 1.54) is 20.9 Å². The fourth-order valence-corrected chi connectivity index (χ4v) is 5.15. The average molecular weight is 584 g/mol. The first-order chi connectivity index (χ1) is 20.4. The molecule has 2 atom stereocenters. The Morgan fingerprint density at radius 1 is 0.907 bits per heavy atom. The molecule has 3 N–H and O–H groups in total. The Hall–Kier alpha value is -4.50. The summed E-state index contributed by atoms with van der Waals surface area (Å²) in [6.45, 7) is 3.98. The maximum atomic E-state index is 14.3. The van der Waals surface area contributed by atoms with E-state index in [2.05, 4.69) is 5.43 Å². The van der Waals surface area contributed by atoms with Gasteiger partial charge in [-0.05, 0) is 48.2 Å². The van der Waals surface area contributed by atoms with Crippen molar-refractivity contribution in [1.29, 1.82) is 0 Å². The molecule has 9 nitrogen and oxygen atoms in total. The van der Waals surface area contributed by atoms with Crippen LogP contribution in [0.3, 0.4) is 0 Å². The Morgan fingerprint density at radius 3 is 2.21 bits per heavy atom. The molecule has 1 unspecified atom stereocenters. The van der Waals surface area contributed by atoms with Gasteiger partial charge in [-0.2, -0.15) is 0 Å². The first kappa shape index (κ1) is 31.4. The van der Waals surface area contributed by atoms with Gasteiger partial charge >= 0.3 is 0 Å². The van der Waals surface area contributed by atoms with Crippen LogP contribution in [-0.4, -0.2) is 76.7 Å². The molecule has 1 aliphatic rings. The molecule has 1 saturated heterocycles. The van der Waals surface area contributed by atoms with Crippen molar-refractivity contribution in [3.8, 4) is 0 Å². The third-order valence-electron chi connectivity index (χ3n) is 7.71. The minimum Gasteiger partial charge on any atom is -0.332 e. The van der Waals surface area contributed by atoms with Crippen LogP contribution in [0, 0.1) is 0 Å². The number of nitrogens with zero attached hydrogens (tertiary/aromatic N) is 3. The molecule has 0 spiro atoms. The van der Waals surface area contributed by atoms with Crippen molar-refractivity contribution < 1.29 is 19.2 Å². The van der Waals surface area contributed by atoms with E-state index in [1.54, 1.807) is 20.2 Å². The fraction of sp³-hybridized carbons (Fsp3) is 0.353. The van der Waals surface area contributed by atoms with E-state index in [0.717, 1.165) is 21.9 Å². The molecule has 1 fully saturated rings. The van der Waals surface area contributed by atoms with Crippen LogP contribution in [0.4, 0.5) is 0 Å². The summed E-state index contributed by atoms with van der Waals surface area (Å²) in [6.07, 6.45) is 4.36. The highest BCUT2D eigenvalue weighted by molar-refractivity contribution is 5.96. The second-order valence-corrected chi connectivity index (χ2v) is 11.9. The van der Waals surface area contributed by atoms with Crippen molar-refractivity contribution in [1.82, 2.24) is 20.2 Å². The molecule has 1 aliphatic heterocycles. The van der Waals surface area contributed by atoms with Crippen LogP contribution in [0.2, 0.25) is 0 Å². The number of likely N-dealkylation sites (N-methyl/N-ethyl adjacent to an activating group) is 2. The molecule has 43 heavy (non-hydrogen) atoms. The second kappa shape index (κ2) is 13.6. The molecule has 9 heteroatoms. The largest absolute Gasteiger partial charge is 0.332 e. The van der Waals surface area contributed by atoms with Crippen LogP contribution >= 0.6 is 0 Å².